The second-order valence-electron chi connectivity index (χ2n) is 10.6. The van der Waals surface area contributed by atoms with Gasteiger partial charge in [0.1, 0.15) is 22.8 Å². The zero-order valence-electron chi connectivity index (χ0n) is 20.8. The minimum absolute atomic E-state index is 0.0466. The molecule has 3 atom stereocenters. The number of primary amides is 1. The summed E-state index contributed by atoms with van der Waals surface area (Å²) in [4.78, 5) is 42.9. The SMILES string of the molecule is CN(C)c1cc(CN2CC=CCC2)c(O)c2c1C[C@H]1C[C@H]3CC(O)=C(C(N)=O)C(=O)[C@@]3(O)C(O)=C1C2=O. The van der Waals surface area contributed by atoms with E-state index >= 15 is 0 Å². The molecule has 0 radical (unpaired) electrons. The van der Waals surface area contributed by atoms with Crippen molar-refractivity contribution in [2.45, 2.75) is 37.8 Å². The third-order valence-corrected chi connectivity index (χ3v) is 8.14. The van der Waals surface area contributed by atoms with Crippen LogP contribution in [0.25, 0.3) is 0 Å². The quantitative estimate of drug-likeness (QED) is 0.298. The number of hydrogen-bond acceptors (Lipinski definition) is 9. The number of Topliss-reactive ketones (excluding diaryl/α,β-unsaturated/α-hetero) is 2. The molecule has 0 spiro atoms. The van der Waals surface area contributed by atoms with E-state index in [-0.39, 0.29) is 36.1 Å². The number of carbonyl (C=O) groups excluding carboxylic acids is 3. The molecule has 6 N–H and O–H groups in total. The molecule has 37 heavy (non-hydrogen) atoms. The summed E-state index contributed by atoms with van der Waals surface area (Å²) in [7, 11) is 3.70. The lowest BCUT2D eigenvalue weighted by atomic mass is 9.60. The van der Waals surface area contributed by atoms with Gasteiger partial charge in [0.25, 0.3) is 5.91 Å². The van der Waals surface area contributed by atoms with Crippen molar-refractivity contribution in [2.75, 3.05) is 32.1 Å². The number of aliphatic hydroxyl groups is 3. The summed E-state index contributed by atoms with van der Waals surface area (Å²) in [5.74, 6) is -6.16. The summed E-state index contributed by atoms with van der Waals surface area (Å²) in [5, 5.41) is 44.2. The maximum Gasteiger partial charge on any atom is 0.255 e. The van der Waals surface area contributed by atoms with Gasteiger partial charge in [-0.15, -0.1) is 0 Å². The number of anilines is 1. The molecule has 0 saturated heterocycles. The van der Waals surface area contributed by atoms with E-state index in [0.29, 0.717) is 17.7 Å². The first kappa shape index (κ1) is 25.0. The summed E-state index contributed by atoms with van der Waals surface area (Å²) >= 11 is 0. The van der Waals surface area contributed by atoms with Crippen LogP contribution in [0.4, 0.5) is 5.69 Å². The second-order valence-corrected chi connectivity index (χ2v) is 10.6. The number of rotatable bonds is 4. The summed E-state index contributed by atoms with van der Waals surface area (Å²) in [6.45, 7) is 1.95. The molecule has 1 aromatic carbocycles. The minimum Gasteiger partial charge on any atom is -0.511 e. The van der Waals surface area contributed by atoms with E-state index in [9.17, 15) is 34.8 Å². The summed E-state index contributed by atoms with van der Waals surface area (Å²) in [6, 6.07) is 1.88. The predicted molar refractivity (Wildman–Crippen MR) is 134 cm³/mol. The fourth-order valence-electron chi connectivity index (χ4n) is 6.32. The Hall–Kier alpha value is -3.63. The van der Waals surface area contributed by atoms with Gasteiger partial charge in [0.2, 0.25) is 5.78 Å². The number of phenolic OH excluding ortho intramolecular Hbond substituents is 1. The molecule has 3 aliphatic carbocycles. The van der Waals surface area contributed by atoms with Gasteiger partial charge in [0.15, 0.2) is 11.4 Å². The molecule has 10 nitrogen and oxygen atoms in total. The maximum atomic E-state index is 13.9. The topological polar surface area (TPSA) is 165 Å². The van der Waals surface area contributed by atoms with Crippen LogP contribution >= 0.6 is 0 Å². The lowest BCUT2D eigenvalue weighted by Crippen LogP contribution is -2.57. The van der Waals surface area contributed by atoms with E-state index in [2.05, 4.69) is 17.1 Å². The first-order valence-electron chi connectivity index (χ1n) is 12.4. The van der Waals surface area contributed by atoms with Gasteiger partial charge >= 0.3 is 0 Å². The average molecular weight is 510 g/mol. The number of fused-ring (bicyclic) bond motifs is 3. The third kappa shape index (κ3) is 3.66. The van der Waals surface area contributed by atoms with Gasteiger partial charge in [-0.05, 0) is 36.8 Å². The molecule has 4 aliphatic rings. The molecule has 1 aromatic rings. The number of amides is 1. The fourth-order valence-corrected chi connectivity index (χ4v) is 6.32. The first-order valence-corrected chi connectivity index (χ1v) is 12.4. The Morgan fingerprint density at radius 3 is 2.54 bits per heavy atom. The Bertz CT molecular complexity index is 1330. The van der Waals surface area contributed by atoms with Crippen molar-refractivity contribution >= 4 is 23.2 Å². The zero-order valence-corrected chi connectivity index (χ0v) is 20.8. The fraction of sp³-hybridized carbons (Fsp3) is 0.444. The van der Waals surface area contributed by atoms with E-state index in [1.54, 1.807) is 0 Å². The van der Waals surface area contributed by atoms with Crippen molar-refractivity contribution in [1.29, 1.82) is 0 Å². The van der Waals surface area contributed by atoms with Crippen LogP contribution in [0.15, 0.2) is 40.9 Å². The standard InChI is InChI=1S/C27H31N3O7/c1-29(2)17-10-14(12-30-6-4-3-5-7-30)22(32)20-16(17)9-13-8-15-11-18(31)21(26(28)36)25(35)27(15,37)24(34)19(13)23(20)33/h3-4,10,13,15,31-32,34,37H,5-9,11-12H2,1-2H3,(H2,28,36)/t13-,15+,27+/m1/s1. The third-order valence-electron chi connectivity index (χ3n) is 8.14. The van der Waals surface area contributed by atoms with E-state index in [0.717, 1.165) is 25.2 Å². The highest BCUT2D eigenvalue weighted by Crippen LogP contribution is 2.52. The normalized spacial score (nSPS) is 27.6. The summed E-state index contributed by atoms with van der Waals surface area (Å²) in [6.07, 6.45) is 5.18. The number of nitrogens with zero attached hydrogens (tertiary/aromatic N) is 2. The molecule has 0 bridgehead atoms. The predicted octanol–water partition coefficient (Wildman–Crippen LogP) is 1.41. The largest absolute Gasteiger partial charge is 0.511 e. The van der Waals surface area contributed by atoms with Crippen LogP contribution in [-0.4, -0.2) is 75.6 Å². The van der Waals surface area contributed by atoms with Crippen LogP contribution in [0.5, 0.6) is 5.75 Å². The monoisotopic (exact) mass is 509 g/mol. The molecule has 1 aliphatic heterocycles. The van der Waals surface area contributed by atoms with E-state index in [4.69, 9.17) is 5.73 Å². The molecular weight excluding hydrogens is 478 g/mol. The molecule has 5 rings (SSSR count). The van der Waals surface area contributed by atoms with E-state index < -0.39 is 52.0 Å². The molecule has 0 saturated carbocycles. The second kappa shape index (κ2) is 8.74. The van der Waals surface area contributed by atoms with Crippen molar-refractivity contribution in [3.63, 3.8) is 0 Å². The smallest absolute Gasteiger partial charge is 0.255 e. The lowest BCUT2D eigenvalue weighted by Gasteiger charge is -2.46. The number of nitrogens with two attached hydrogens (primary N) is 1. The molecule has 0 unspecified atom stereocenters. The highest BCUT2D eigenvalue weighted by atomic mass is 16.3. The number of aromatic hydroxyl groups is 1. The average Bonchev–Trinajstić information content (AvgIpc) is 2.83. The zero-order chi connectivity index (χ0) is 26.8. The number of hydrogen-bond donors (Lipinski definition) is 5. The highest BCUT2D eigenvalue weighted by molar-refractivity contribution is 6.24. The van der Waals surface area contributed by atoms with Gasteiger partial charge in [-0.1, -0.05) is 12.2 Å². The Kier molecular flexibility index (Phi) is 5.91. The number of aliphatic hydroxyl groups excluding tert-OH is 2. The van der Waals surface area contributed by atoms with Gasteiger partial charge in [-0.25, -0.2) is 0 Å². The first-order chi connectivity index (χ1) is 17.5. The van der Waals surface area contributed by atoms with Gasteiger partial charge in [-0.2, -0.15) is 0 Å². The van der Waals surface area contributed by atoms with Crippen LogP contribution in [0.1, 0.15) is 40.7 Å². The molecule has 0 aromatic heterocycles. The molecular formula is C27H31N3O7. The van der Waals surface area contributed by atoms with E-state index in [1.807, 2.05) is 25.1 Å². The Balaban J connectivity index is 1.64. The minimum atomic E-state index is -2.56. The van der Waals surface area contributed by atoms with Crippen molar-refractivity contribution in [3.05, 3.63) is 57.6 Å². The molecule has 0 fully saturated rings. The van der Waals surface area contributed by atoms with Gasteiger partial charge in [0, 0.05) is 62.9 Å². The Morgan fingerprint density at radius 1 is 1.19 bits per heavy atom. The number of allylic oxidation sites excluding steroid dienone is 2. The molecule has 10 heteroatoms. The lowest BCUT2D eigenvalue weighted by molar-refractivity contribution is -0.144. The van der Waals surface area contributed by atoms with Crippen molar-refractivity contribution < 1.29 is 34.8 Å². The number of phenols is 1. The molecule has 196 valence electrons. The van der Waals surface area contributed by atoms with Gasteiger partial charge in [0.05, 0.1) is 5.56 Å². The van der Waals surface area contributed by atoms with Crippen LogP contribution in [0, 0.1) is 11.8 Å². The van der Waals surface area contributed by atoms with Crippen LogP contribution in [0.2, 0.25) is 0 Å². The summed E-state index contributed by atoms with van der Waals surface area (Å²) < 4.78 is 0. The Morgan fingerprint density at radius 2 is 1.92 bits per heavy atom. The van der Waals surface area contributed by atoms with Crippen molar-refractivity contribution in [1.82, 2.24) is 4.90 Å². The van der Waals surface area contributed by atoms with Crippen LogP contribution in [-0.2, 0) is 22.6 Å². The molecule has 1 heterocycles. The number of ketones is 2. The van der Waals surface area contributed by atoms with Gasteiger partial charge in [-0.3, -0.25) is 19.3 Å². The maximum absolute atomic E-state index is 13.9. The number of carbonyl (C=O) groups is 3. The van der Waals surface area contributed by atoms with Crippen molar-refractivity contribution in [3.8, 4) is 5.75 Å². The number of benzene rings is 1. The van der Waals surface area contributed by atoms with E-state index in [1.165, 1.54) is 0 Å². The molecule has 1 amide bonds. The summed E-state index contributed by atoms with van der Waals surface area (Å²) in [5.41, 5.74) is 3.77. The highest BCUT2D eigenvalue weighted by Gasteiger charge is 2.59. The van der Waals surface area contributed by atoms with Crippen molar-refractivity contribution in [2.24, 2.45) is 17.6 Å². The van der Waals surface area contributed by atoms with Crippen LogP contribution < -0.4 is 10.6 Å². The van der Waals surface area contributed by atoms with Crippen LogP contribution in [0.3, 0.4) is 0 Å². The van der Waals surface area contributed by atoms with Gasteiger partial charge < -0.3 is 31.1 Å². The Labute approximate surface area is 214 Å².